The van der Waals surface area contributed by atoms with Crippen molar-refractivity contribution in [3.05, 3.63) is 59.7 Å². The Hall–Kier alpha value is -2.66. The highest BCUT2D eigenvalue weighted by Gasteiger charge is 2.32. The summed E-state index contributed by atoms with van der Waals surface area (Å²) >= 11 is 0. The van der Waals surface area contributed by atoms with Crippen LogP contribution in [0.25, 0.3) is 11.1 Å². The fraction of sp³-hybridized carbons (Fsp3) is 0.300. The number of carboxylic acid groups (broad SMARTS) is 1. The minimum Gasteiger partial charge on any atom is -0.478 e. The van der Waals surface area contributed by atoms with E-state index in [4.69, 9.17) is 4.74 Å². The maximum Gasteiger partial charge on any atom is 0.336 e. The third-order valence-electron chi connectivity index (χ3n) is 4.47. The number of benzene rings is 2. The molecule has 1 aliphatic rings. The van der Waals surface area contributed by atoms with Gasteiger partial charge in [0.25, 0.3) is 5.91 Å². The first-order valence-electron chi connectivity index (χ1n) is 8.33. The topological polar surface area (TPSA) is 75.6 Å². The van der Waals surface area contributed by atoms with E-state index in [2.05, 4.69) is 5.32 Å². The highest BCUT2D eigenvalue weighted by molar-refractivity contribution is 6.04. The number of aromatic carboxylic acids is 1. The molecule has 1 fully saturated rings. The summed E-state index contributed by atoms with van der Waals surface area (Å²) in [6.45, 7) is 0.476. The number of rotatable bonds is 7. The Morgan fingerprint density at radius 2 is 1.64 bits per heavy atom. The van der Waals surface area contributed by atoms with Crippen LogP contribution < -0.4 is 5.32 Å². The van der Waals surface area contributed by atoms with Gasteiger partial charge >= 0.3 is 5.97 Å². The number of hydrogen-bond acceptors (Lipinski definition) is 3. The van der Waals surface area contributed by atoms with Gasteiger partial charge in [-0.05, 0) is 42.0 Å². The van der Waals surface area contributed by atoms with Crippen LogP contribution in [0.3, 0.4) is 0 Å². The number of methoxy groups -OCH3 is 1. The molecule has 2 N–H and O–H groups in total. The van der Waals surface area contributed by atoms with Crippen molar-refractivity contribution >= 4 is 11.9 Å². The second-order valence-corrected chi connectivity index (χ2v) is 6.27. The third-order valence-corrected chi connectivity index (χ3v) is 4.47. The molecule has 1 unspecified atom stereocenters. The second kappa shape index (κ2) is 7.49. The van der Waals surface area contributed by atoms with Gasteiger partial charge in [0.05, 0.1) is 18.2 Å². The van der Waals surface area contributed by atoms with Crippen LogP contribution in [0.2, 0.25) is 0 Å². The smallest absolute Gasteiger partial charge is 0.336 e. The summed E-state index contributed by atoms with van der Waals surface area (Å²) < 4.78 is 5.22. The average Bonchev–Trinajstić information content (AvgIpc) is 3.46. The van der Waals surface area contributed by atoms with Crippen molar-refractivity contribution in [2.75, 3.05) is 13.7 Å². The molecule has 25 heavy (non-hydrogen) atoms. The van der Waals surface area contributed by atoms with Crippen molar-refractivity contribution in [2.45, 2.75) is 18.9 Å². The molecule has 1 amide bonds. The van der Waals surface area contributed by atoms with Gasteiger partial charge in [-0.15, -0.1) is 0 Å². The van der Waals surface area contributed by atoms with Crippen LogP contribution in [0.15, 0.2) is 48.5 Å². The molecule has 1 saturated carbocycles. The SMILES string of the molecule is COCC(NC(=O)c1ccccc1-c1ccccc1C(=O)O)C1CC1. The molecule has 0 spiro atoms. The number of ether oxygens (including phenoxy) is 1. The van der Waals surface area contributed by atoms with Crippen LogP contribution in [-0.2, 0) is 4.74 Å². The largest absolute Gasteiger partial charge is 0.478 e. The Labute approximate surface area is 146 Å². The molecule has 0 saturated heterocycles. The van der Waals surface area contributed by atoms with Crippen molar-refractivity contribution in [1.29, 1.82) is 0 Å². The Kier molecular flexibility index (Phi) is 5.14. The third kappa shape index (κ3) is 3.88. The van der Waals surface area contributed by atoms with Gasteiger partial charge in [0.1, 0.15) is 0 Å². The van der Waals surface area contributed by atoms with Gasteiger partial charge in [-0.3, -0.25) is 4.79 Å². The quantitative estimate of drug-likeness (QED) is 0.812. The van der Waals surface area contributed by atoms with Crippen LogP contribution in [0, 0.1) is 5.92 Å². The molecule has 5 heteroatoms. The first-order chi connectivity index (χ1) is 12.1. The van der Waals surface area contributed by atoms with Crippen molar-refractivity contribution < 1.29 is 19.4 Å². The van der Waals surface area contributed by atoms with E-state index < -0.39 is 5.97 Å². The van der Waals surface area contributed by atoms with Gasteiger partial charge in [-0.1, -0.05) is 36.4 Å². The molecule has 0 bridgehead atoms. The number of carbonyl (C=O) groups excluding carboxylic acids is 1. The minimum atomic E-state index is -1.01. The Bertz CT molecular complexity index is 783. The lowest BCUT2D eigenvalue weighted by Crippen LogP contribution is -2.39. The summed E-state index contributed by atoms with van der Waals surface area (Å²) in [4.78, 5) is 24.3. The van der Waals surface area contributed by atoms with Crippen LogP contribution in [0.5, 0.6) is 0 Å². The highest BCUT2D eigenvalue weighted by atomic mass is 16.5. The fourth-order valence-electron chi connectivity index (χ4n) is 3.04. The summed E-state index contributed by atoms with van der Waals surface area (Å²) in [5, 5.41) is 12.5. The van der Waals surface area contributed by atoms with E-state index in [1.54, 1.807) is 55.6 Å². The number of hydrogen-bond donors (Lipinski definition) is 2. The number of carbonyl (C=O) groups is 2. The highest BCUT2D eigenvalue weighted by Crippen LogP contribution is 2.33. The van der Waals surface area contributed by atoms with Crippen molar-refractivity contribution in [1.82, 2.24) is 5.32 Å². The zero-order chi connectivity index (χ0) is 17.8. The Balaban J connectivity index is 1.93. The predicted molar refractivity (Wildman–Crippen MR) is 94.7 cm³/mol. The van der Waals surface area contributed by atoms with Crippen molar-refractivity contribution in [3.63, 3.8) is 0 Å². The fourth-order valence-corrected chi connectivity index (χ4v) is 3.04. The number of carboxylic acids is 1. The summed E-state index contributed by atoms with van der Waals surface area (Å²) in [6.07, 6.45) is 2.19. The molecule has 0 radical (unpaired) electrons. The first-order valence-corrected chi connectivity index (χ1v) is 8.33. The number of amides is 1. The van der Waals surface area contributed by atoms with Crippen LogP contribution in [0.1, 0.15) is 33.6 Å². The molecule has 2 aromatic rings. The van der Waals surface area contributed by atoms with Gasteiger partial charge in [0, 0.05) is 12.7 Å². The predicted octanol–water partition coefficient (Wildman–Crippen LogP) is 3.21. The Morgan fingerprint density at radius 3 is 2.20 bits per heavy atom. The van der Waals surface area contributed by atoms with Crippen LogP contribution >= 0.6 is 0 Å². The van der Waals surface area contributed by atoms with Gasteiger partial charge in [-0.25, -0.2) is 4.79 Å². The molecule has 1 atom stereocenters. The minimum absolute atomic E-state index is 0.0136. The van der Waals surface area contributed by atoms with E-state index in [0.29, 0.717) is 29.2 Å². The maximum atomic E-state index is 12.8. The molecular formula is C20H21NO4. The lowest BCUT2D eigenvalue weighted by Gasteiger charge is -2.19. The van der Waals surface area contributed by atoms with Gasteiger partial charge < -0.3 is 15.2 Å². The van der Waals surface area contributed by atoms with E-state index in [9.17, 15) is 14.7 Å². The second-order valence-electron chi connectivity index (χ2n) is 6.27. The molecule has 130 valence electrons. The molecule has 5 nitrogen and oxygen atoms in total. The summed E-state index contributed by atoms with van der Waals surface area (Å²) in [6, 6.07) is 13.8. The van der Waals surface area contributed by atoms with Crippen molar-refractivity contribution in [2.24, 2.45) is 5.92 Å². The van der Waals surface area contributed by atoms with Gasteiger partial charge in [0.15, 0.2) is 0 Å². The van der Waals surface area contributed by atoms with E-state index in [0.717, 1.165) is 12.8 Å². The average molecular weight is 339 g/mol. The van der Waals surface area contributed by atoms with Crippen LogP contribution in [-0.4, -0.2) is 36.7 Å². The molecule has 0 aliphatic heterocycles. The standard InChI is InChI=1S/C20H21NO4/c1-25-12-18(13-10-11-13)21-19(22)16-8-4-2-6-14(16)15-7-3-5-9-17(15)20(23)24/h2-9,13,18H,10-12H2,1H3,(H,21,22)(H,23,24). The van der Waals surface area contributed by atoms with E-state index in [1.807, 2.05) is 0 Å². The molecule has 0 heterocycles. The van der Waals surface area contributed by atoms with E-state index >= 15 is 0 Å². The van der Waals surface area contributed by atoms with E-state index in [-0.39, 0.29) is 17.5 Å². The van der Waals surface area contributed by atoms with Crippen molar-refractivity contribution in [3.8, 4) is 11.1 Å². The zero-order valence-electron chi connectivity index (χ0n) is 14.1. The molecular weight excluding hydrogens is 318 g/mol. The monoisotopic (exact) mass is 339 g/mol. The lowest BCUT2D eigenvalue weighted by atomic mass is 9.95. The molecule has 1 aliphatic carbocycles. The molecule has 2 aromatic carbocycles. The maximum absolute atomic E-state index is 12.8. The number of nitrogens with one attached hydrogen (secondary N) is 1. The molecule has 0 aromatic heterocycles. The van der Waals surface area contributed by atoms with Gasteiger partial charge in [0.2, 0.25) is 0 Å². The zero-order valence-corrected chi connectivity index (χ0v) is 14.1. The summed E-state index contributed by atoms with van der Waals surface area (Å²) in [5.74, 6) is -0.756. The van der Waals surface area contributed by atoms with Crippen LogP contribution in [0.4, 0.5) is 0 Å². The summed E-state index contributed by atoms with van der Waals surface area (Å²) in [5.41, 5.74) is 1.80. The summed E-state index contributed by atoms with van der Waals surface area (Å²) in [7, 11) is 1.62. The normalized spacial score (nSPS) is 14.8. The van der Waals surface area contributed by atoms with E-state index in [1.165, 1.54) is 0 Å². The first kappa shape index (κ1) is 17.2. The molecule has 3 rings (SSSR count). The Morgan fingerprint density at radius 1 is 1.08 bits per heavy atom. The lowest BCUT2D eigenvalue weighted by molar-refractivity contribution is 0.0697. The van der Waals surface area contributed by atoms with Gasteiger partial charge in [-0.2, -0.15) is 0 Å².